The van der Waals surface area contributed by atoms with Gasteiger partial charge in [-0.25, -0.2) is 8.42 Å². The van der Waals surface area contributed by atoms with Gasteiger partial charge >= 0.3 is 53.4 Å². The third kappa shape index (κ3) is 23.6. The first kappa shape index (κ1) is 40.3. The fourth-order valence-corrected chi connectivity index (χ4v) is 3.67. The molecule has 13 heteroatoms. The van der Waals surface area contributed by atoms with Crippen molar-refractivity contribution in [3.05, 3.63) is 0 Å². The van der Waals surface area contributed by atoms with E-state index in [1.807, 2.05) is 13.8 Å². The number of hydrogen-bond acceptors (Lipinski definition) is 9. The topological polar surface area (TPSA) is 184 Å². The van der Waals surface area contributed by atoms with E-state index in [1.54, 1.807) is 0 Å². The number of unbranched alkanes of at least 4 members (excludes halogenated alkanes) is 2. The molecule has 0 bridgehead atoms. The van der Waals surface area contributed by atoms with Crippen molar-refractivity contribution in [1.82, 2.24) is 0 Å². The Labute approximate surface area is 243 Å². The van der Waals surface area contributed by atoms with Gasteiger partial charge in [0, 0.05) is 0 Å². The van der Waals surface area contributed by atoms with E-state index in [0.29, 0.717) is 0 Å². The fraction of sp³-hybridized carbons (Fsp3) is 0.833. The number of ether oxygens (including phenoxy) is 2. The first-order valence-electron chi connectivity index (χ1n) is 12.5. The Hall–Kier alpha value is -1.21. The van der Waals surface area contributed by atoms with Gasteiger partial charge in [0.25, 0.3) is 0 Å². The van der Waals surface area contributed by atoms with E-state index in [4.69, 9.17) is 19.7 Å². The number of carboxylic acid groups (broad SMARTS) is 2. The van der Waals surface area contributed by atoms with Crippen molar-refractivity contribution in [3.63, 3.8) is 0 Å². The van der Waals surface area contributed by atoms with E-state index in [-0.39, 0.29) is 67.4 Å². The molecule has 0 aliphatic carbocycles. The van der Waals surface area contributed by atoms with Gasteiger partial charge < -0.3 is 24.2 Å². The number of carbonyl (C=O) groups is 4. The van der Waals surface area contributed by atoms with E-state index in [0.717, 1.165) is 51.4 Å². The van der Waals surface area contributed by atoms with Gasteiger partial charge in [-0.05, 0) is 24.7 Å². The van der Waals surface area contributed by atoms with E-state index >= 15 is 0 Å². The monoisotopic (exact) mass is 562 g/mol. The molecular formula is C24H43NaO11S. The molecule has 0 aromatic rings. The predicted molar refractivity (Wildman–Crippen MR) is 131 cm³/mol. The zero-order valence-electron chi connectivity index (χ0n) is 22.9. The molecule has 0 saturated carbocycles. The summed E-state index contributed by atoms with van der Waals surface area (Å²) in [7, 11) is -5.01. The van der Waals surface area contributed by atoms with E-state index in [2.05, 4.69) is 13.8 Å². The molecule has 37 heavy (non-hydrogen) atoms. The summed E-state index contributed by atoms with van der Waals surface area (Å²) in [5.41, 5.74) is 0. The Balaban J connectivity index is -0.00000110. The number of aliphatic carboxylic acids is 2. The van der Waals surface area contributed by atoms with Crippen LogP contribution in [0.5, 0.6) is 0 Å². The zero-order chi connectivity index (χ0) is 28.1. The Kier molecular flexibility index (Phi) is 26.0. The molecule has 0 radical (unpaired) electrons. The average molecular weight is 563 g/mol. The molecule has 0 fully saturated rings. The SMILES string of the molecule is CCCCC(CC)COC(=O)CC(C(=O)OCC(CC)CCCC)S(=O)(=O)[O-].O=C(O)CCC(=O)O.[Na+]. The van der Waals surface area contributed by atoms with Crippen molar-refractivity contribution in [1.29, 1.82) is 0 Å². The Morgan fingerprint density at radius 1 is 0.784 bits per heavy atom. The largest absolute Gasteiger partial charge is 1.00 e. The summed E-state index contributed by atoms with van der Waals surface area (Å²) in [5, 5.41) is 13.7. The Morgan fingerprint density at radius 3 is 1.51 bits per heavy atom. The van der Waals surface area contributed by atoms with Crippen LogP contribution in [0.3, 0.4) is 0 Å². The molecule has 0 spiro atoms. The molecule has 0 aromatic heterocycles. The second kappa shape index (κ2) is 23.9. The average Bonchev–Trinajstić information content (AvgIpc) is 2.81. The summed E-state index contributed by atoms with van der Waals surface area (Å²) in [6.45, 7) is 8.26. The maximum atomic E-state index is 12.1. The quantitative estimate of drug-likeness (QED) is 0.129. The Bertz CT molecular complexity index is 742. The van der Waals surface area contributed by atoms with Crippen LogP contribution in [0.2, 0.25) is 0 Å². The summed E-state index contributed by atoms with van der Waals surface area (Å²) in [5.74, 6) is -3.90. The first-order chi connectivity index (χ1) is 16.8. The molecule has 0 aromatic carbocycles. The molecule has 0 aliphatic rings. The van der Waals surface area contributed by atoms with Crippen molar-refractivity contribution in [3.8, 4) is 0 Å². The molecule has 0 heterocycles. The molecule has 3 atom stereocenters. The molecule has 2 N–H and O–H groups in total. The van der Waals surface area contributed by atoms with Gasteiger partial charge in [-0.15, -0.1) is 0 Å². The van der Waals surface area contributed by atoms with Gasteiger partial charge in [0.2, 0.25) is 0 Å². The molecular weight excluding hydrogens is 519 g/mol. The summed E-state index contributed by atoms with van der Waals surface area (Å²) in [6, 6.07) is 0. The van der Waals surface area contributed by atoms with Gasteiger partial charge in [-0.2, -0.15) is 0 Å². The van der Waals surface area contributed by atoms with Crippen molar-refractivity contribution in [2.45, 2.75) is 104 Å². The molecule has 3 unspecified atom stereocenters. The van der Waals surface area contributed by atoms with Gasteiger partial charge in [0.05, 0.1) is 32.5 Å². The second-order valence-electron chi connectivity index (χ2n) is 8.62. The maximum absolute atomic E-state index is 12.1. The zero-order valence-corrected chi connectivity index (χ0v) is 25.7. The normalized spacial score (nSPS) is 13.1. The van der Waals surface area contributed by atoms with Crippen LogP contribution in [-0.4, -0.2) is 65.5 Å². The summed E-state index contributed by atoms with van der Waals surface area (Å²) in [4.78, 5) is 43.4. The molecule has 212 valence electrons. The minimum absolute atomic E-state index is 0. The summed E-state index contributed by atoms with van der Waals surface area (Å²) in [6.07, 6.45) is 5.99. The summed E-state index contributed by atoms with van der Waals surface area (Å²) < 4.78 is 44.6. The minimum Gasteiger partial charge on any atom is -0.747 e. The molecule has 0 amide bonds. The van der Waals surface area contributed by atoms with E-state index < -0.39 is 45.7 Å². The number of hydrogen-bond donors (Lipinski definition) is 2. The van der Waals surface area contributed by atoms with Crippen LogP contribution >= 0.6 is 0 Å². The van der Waals surface area contributed by atoms with Crippen LogP contribution in [0.4, 0.5) is 0 Å². The standard InChI is InChI=1S/C20H38O7S.C4H6O4.Na/c1-5-9-11-16(7-3)14-26-19(21)13-18(28(23,24)25)20(22)27-15-17(8-4)12-10-6-2;5-3(6)1-2-4(7)8;/h16-18H,5-15H2,1-4H3,(H,23,24,25);1-2H2,(H,5,6)(H,7,8);/q;;+1/p-1. The number of esters is 2. The minimum atomic E-state index is -5.01. The molecule has 0 rings (SSSR count). The van der Waals surface area contributed by atoms with Crippen LogP contribution in [0.1, 0.15) is 98.3 Å². The van der Waals surface area contributed by atoms with Crippen molar-refractivity contribution in [2.75, 3.05) is 13.2 Å². The van der Waals surface area contributed by atoms with Gasteiger partial charge in [0.1, 0.15) is 10.1 Å². The van der Waals surface area contributed by atoms with Crippen LogP contribution in [0.15, 0.2) is 0 Å². The summed E-state index contributed by atoms with van der Waals surface area (Å²) >= 11 is 0. The molecule has 0 saturated heterocycles. The fourth-order valence-electron chi connectivity index (χ4n) is 3.03. The van der Waals surface area contributed by atoms with Crippen LogP contribution < -0.4 is 29.6 Å². The third-order valence-corrected chi connectivity index (χ3v) is 6.60. The molecule has 0 aliphatic heterocycles. The van der Waals surface area contributed by atoms with E-state index in [9.17, 15) is 32.1 Å². The van der Waals surface area contributed by atoms with Crippen LogP contribution in [-0.2, 0) is 38.8 Å². The predicted octanol–water partition coefficient (Wildman–Crippen LogP) is 0.749. The van der Waals surface area contributed by atoms with E-state index in [1.165, 1.54) is 0 Å². The second-order valence-corrected chi connectivity index (χ2v) is 10.2. The smallest absolute Gasteiger partial charge is 0.747 e. The Morgan fingerprint density at radius 2 is 1.19 bits per heavy atom. The van der Waals surface area contributed by atoms with Crippen molar-refractivity contribution < 1.29 is 81.4 Å². The molecule has 11 nitrogen and oxygen atoms in total. The van der Waals surface area contributed by atoms with Crippen molar-refractivity contribution >= 4 is 34.0 Å². The third-order valence-electron chi connectivity index (χ3n) is 5.54. The van der Waals surface area contributed by atoms with Crippen molar-refractivity contribution in [2.24, 2.45) is 11.8 Å². The van der Waals surface area contributed by atoms with Crippen LogP contribution in [0.25, 0.3) is 0 Å². The number of rotatable bonds is 19. The number of carboxylic acids is 2. The van der Waals surface area contributed by atoms with Crippen LogP contribution in [0, 0.1) is 11.8 Å². The first-order valence-corrected chi connectivity index (χ1v) is 14.0. The van der Waals surface area contributed by atoms with Gasteiger partial charge in [0.15, 0.2) is 5.25 Å². The number of carbonyl (C=O) groups excluding carboxylic acids is 2. The van der Waals surface area contributed by atoms with Gasteiger partial charge in [-0.3, -0.25) is 19.2 Å². The maximum Gasteiger partial charge on any atom is 1.00 e. The van der Waals surface area contributed by atoms with Gasteiger partial charge in [-0.1, -0.05) is 66.2 Å².